The van der Waals surface area contributed by atoms with E-state index in [0.29, 0.717) is 23.6 Å². The number of para-hydroxylation sites is 1. The Kier molecular flexibility index (Phi) is 5.25. The predicted octanol–water partition coefficient (Wildman–Crippen LogP) is 5.23. The fourth-order valence-electron chi connectivity index (χ4n) is 3.06. The molecule has 0 unspecified atom stereocenters. The molecule has 0 atom stereocenters. The van der Waals surface area contributed by atoms with E-state index in [1.807, 2.05) is 67.6 Å². The van der Waals surface area contributed by atoms with E-state index in [1.165, 1.54) is 5.56 Å². The van der Waals surface area contributed by atoms with Gasteiger partial charge in [-0.25, -0.2) is 4.79 Å². The average molecular weight is 383 g/mol. The molecule has 4 nitrogen and oxygen atoms in total. The maximum Gasteiger partial charge on any atom is 0.368 e. The first-order valence-corrected chi connectivity index (χ1v) is 9.46. The molecule has 3 aromatic rings. The fourth-order valence-corrected chi connectivity index (χ4v) is 3.06. The predicted molar refractivity (Wildman–Crippen MR) is 114 cm³/mol. The zero-order chi connectivity index (χ0) is 20.2. The van der Waals surface area contributed by atoms with Gasteiger partial charge < -0.3 is 9.57 Å². The quantitative estimate of drug-likeness (QED) is 0.448. The lowest BCUT2D eigenvalue weighted by Crippen LogP contribution is -2.07. The maximum atomic E-state index is 12.3. The highest BCUT2D eigenvalue weighted by Gasteiger charge is 2.27. The molecule has 29 heavy (non-hydrogen) atoms. The Morgan fingerprint density at radius 3 is 2.28 bits per heavy atom. The SMILES string of the molecule is Cc1ccc(COc2ccccc2C=C2C(=O)ON=C2c2ccc(C)cc2)cc1. The van der Waals surface area contributed by atoms with E-state index in [0.717, 1.165) is 22.3 Å². The van der Waals surface area contributed by atoms with Crippen molar-refractivity contribution in [1.29, 1.82) is 0 Å². The Hall–Kier alpha value is -3.66. The van der Waals surface area contributed by atoms with Crippen LogP contribution in [0.5, 0.6) is 5.75 Å². The number of hydrogen-bond acceptors (Lipinski definition) is 4. The van der Waals surface area contributed by atoms with Crippen LogP contribution in [0.2, 0.25) is 0 Å². The molecule has 0 saturated carbocycles. The Morgan fingerprint density at radius 2 is 1.55 bits per heavy atom. The summed E-state index contributed by atoms with van der Waals surface area (Å²) in [7, 11) is 0. The molecule has 0 aliphatic carbocycles. The Balaban J connectivity index is 1.61. The Bertz CT molecular complexity index is 1090. The van der Waals surface area contributed by atoms with Gasteiger partial charge in [-0.3, -0.25) is 0 Å². The summed E-state index contributed by atoms with van der Waals surface area (Å²) in [5.74, 6) is 0.234. The third-order valence-corrected chi connectivity index (χ3v) is 4.75. The van der Waals surface area contributed by atoms with Gasteiger partial charge in [-0.1, -0.05) is 83.0 Å². The summed E-state index contributed by atoms with van der Waals surface area (Å²) in [6, 6.07) is 23.7. The first-order chi connectivity index (χ1) is 14.1. The fraction of sp³-hybridized carbons (Fsp3) is 0.120. The van der Waals surface area contributed by atoms with Crippen LogP contribution in [0.3, 0.4) is 0 Å². The molecule has 1 heterocycles. The molecule has 144 valence electrons. The highest BCUT2D eigenvalue weighted by molar-refractivity contribution is 6.31. The molecule has 4 heteroatoms. The summed E-state index contributed by atoms with van der Waals surface area (Å²) in [5.41, 5.74) is 6.02. The van der Waals surface area contributed by atoms with Crippen LogP contribution in [0.15, 0.2) is 83.5 Å². The van der Waals surface area contributed by atoms with Crippen molar-refractivity contribution in [2.45, 2.75) is 20.5 Å². The van der Waals surface area contributed by atoms with Crippen LogP contribution in [0.25, 0.3) is 6.08 Å². The molecule has 3 aromatic carbocycles. The van der Waals surface area contributed by atoms with Crippen LogP contribution in [0, 0.1) is 13.8 Å². The normalized spacial score (nSPS) is 14.6. The number of benzene rings is 3. The lowest BCUT2D eigenvalue weighted by atomic mass is 9.99. The minimum Gasteiger partial charge on any atom is -0.488 e. The van der Waals surface area contributed by atoms with Crippen LogP contribution < -0.4 is 4.74 Å². The van der Waals surface area contributed by atoms with Gasteiger partial charge in [-0.15, -0.1) is 0 Å². The van der Waals surface area contributed by atoms with E-state index in [1.54, 1.807) is 6.08 Å². The first kappa shape index (κ1) is 18.7. The largest absolute Gasteiger partial charge is 0.488 e. The van der Waals surface area contributed by atoms with Gasteiger partial charge in [0.25, 0.3) is 0 Å². The highest BCUT2D eigenvalue weighted by atomic mass is 16.7. The molecule has 0 amide bonds. The maximum absolute atomic E-state index is 12.3. The van der Waals surface area contributed by atoms with Crippen molar-refractivity contribution in [3.8, 4) is 5.75 Å². The standard InChI is InChI=1S/C25H21NO3/c1-17-7-11-19(12-8-17)16-28-23-6-4-3-5-21(23)15-22-24(26-29-25(22)27)20-13-9-18(2)10-14-20/h3-15H,16H2,1-2H3. The van der Waals surface area contributed by atoms with Crippen LogP contribution in [0.1, 0.15) is 27.8 Å². The molecule has 0 radical (unpaired) electrons. The van der Waals surface area contributed by atoms with E-state index >= 15 is 0 Å². The lowest BCUT2D eigenvalue weighted by molar-refractivity contribution is -0.136. The summed E-state index contributed by atoms with van der Waals surface area (Å²) < 4.78 is 6.03. The van der Waals surface area contributed by atoms with Gasteiger partial charge in [-0.05, 0) is 31.6 Å². The van der Waals surface area contributed by atoms with Gasteiger partial charge in [0.2, 0.25) is 0 Å². The number of aryl methyl sites for hydroxylation is 2. The number of nitrogens with zero attached hydrogens (tertiary/aromatic N) is 1. The van der Waals surface area contributed by atoms with Crippen molar-refractivity contribution in [3.63, 3.8) is 0 Å². The first-order valence-electron chi connectivity index (χ1n) is 9.46. The second-order valence-corrected chi connectivity index (χ2v) is 7.05. The summed E-state index contributed by atoms with van der Waals surface area (Å²) in [4.78, 5) is 17.3. The summed E-state index contributed by atoms with van der Waals surface area (Å²) in [5, 5.41) is 3.98. The number of oxime groups is 1. The van der Waals surface area contributed by atoms with Crippen LogP contribution in [-0.4, -0.2) is 11.7 Å². The number of carbonyl (C=O) groups is 1. The second kappa shape index (κ2) is 8.15. The lowest BCUT2D eigenvalue weighted by Gasteiger charge is -2.10. The van der Waals surface area contributed by atoms with Gasteiger partial charge in [0.15, 0.2) is 0 Å². The summed E-state index contributed by atoms with van der Waals surface area (Å²) >= 11 is 0. The zero-order valence-electron chi connectivity index (χ0n) is 16.4. The van der Waals surface area contributed by atoms with Crippen molar-refractivity contribution in [2.75, 3.05) is 0 Å². The summed E-state index contributed by atoms with van der Waals surface area (Å²) in [6.07, 6.45) is 1.78. The smallest absolute Gasteiger partial charge is 0.368 e. The van der Waals surface area contributed by atoms with Crippen molar-refractivity contribution in [3.05, 3.63) is 106 Å². The van der Waals surface area contributed by atoms with E-state index in [2.05, 4.69) is 24.2 Å². The van der Waals surface area contributed by atoms with Crippen molar-refractivity contribution in [1.82, 2.24) is 0 Å². The molecule has 0 aromatic heterocycles. The molecule has 0 spiro atoms. The van der Waals surface area contributed by atoms with E-state index < -0.39 is 5.97 Å². The van der Waals surface area contributed by atoms with Gasteiger partial charge in [-0.2, -0.15) is 0 Å². The Labute approximate surface area is 170 Å². The van der Waals surface area contributed by atoms with Crippen LogP contribution >= 0.6 is 0 Å². The zero-order valence-corrected chi connectivity index (χ0v) is 16.4. The van der Waals surface area contributed by atoms with Gasteiger partial charge in [0.05, 0.1) is 5.57 Å². The van der Waals surface area contributed by atoms with Gasteiger partial charge in [0, 0.05) is 11.1 Å². The number of rotatable bonds is 5. The Morgan fingerprint density at radius 1 is 0.897 bits per heavy atom. The molecule has 0 bridgehead atoms. The second-order valence-electron chi connectivity index (χ2n) is 7.05. The molecule has 1 aliphatic heterocycles. The molecular weight excluding hydrogens is 362 g/mol. The number of hydrogen-bond donors (Lipinski definition) is 0. The third kappa shape index (κ3) is 4.27. The van der Waals surface area contributed by atoms with Crippen LogP contribution in [-0.2, 0) is 16.2 Å². The monoisotopic (exact) mass is 383 g/mol. The van der Waals surface area contributed by atoms with Crippen molar-refractivity contribution < 1.29 is 14.4 Å². The van der Waals surface area contributed by atoms with Crippen molar-refractivity contribution >= 4 is 17.8 Å². The number of carbonyl (C=O) groups excluding carboxylic acids is 1. The molecule has 0 fully saturated rings. The molecular formula is C25H21NO3. The van der Waals surface area contributed by atoms with Gasteiger partial charge in [0.1, 0.15) is 18.1 Å². The van der Waals surface area contributed by atoms with Gasteiger partial charge >= 0.3 is 5.97 Å². The topological polar surface area (TPSA) is 47.9 Å². The minimum atomic E-state index is -0.464. The molecule has 0 saturated heterocycles. The molecule has 0 N–H and O–H groups in total. The van der Waals surface area contributed by atoms with E-state index in [9.17, 15) is 4.79 Å². The van der Waals surface area contributed by atoms with Crippen LogP contribution in [0.4, 0.5) is 0 Å². The minimum absolute atomic E-state index is 0.417. The molecule has 4 rings (SSSR count). The third-order valence-electron chi connectivity index (χ3n) is 4.75. The highest BCUT2D eigenvalue weighted by Crippen LogP contribution is 2.26. The average Bonchev–Trinajstić information content (AvgIpc) is 3.09. The van der Waals surface area contributed by atoms with E-state index in [4.69, 9.17) is 9.57 Å². The summed E-state index contributed by atoms with van der Waals surface area (Å²) in [6.45, 7) is 4.52. The number of ether oxygens (including phenoxy) is 1. The molecule has 1 aliphatic rings. The van der Waals surface area contributed by atoms with E-state index in [-0.39, 0.29) is 0 Å². The van der Waals surface area contributed by atoms with Crippen molar-refractivity contribution in [2.24, 2.45) is 5.16 Å².